The fourth-order valence-electron chi connectivity index (χ4n) is 2.64. The largest absolute Gasteiger partial charge is 0.365 e. The molecule has 1 aliphatic carbocycles. The summed E-state index contributed by atoms with van der Waals surface area (Å²) >= 11 is 1.20. The third-order valence-corrected chi connectivity index (χ3v) is 4.63. The summed E-state index contributed by atoms with van der Waals surface area (Å²) in [5.74, 6) is -1.68. The van der Waals surface area contributed by atoms with Crippen LogP contribution in [0.2, 0.25) is 0 Å². The SMILES string of the molecule is CC1Cc2cc(C(N)=O)sc2-c2cc(F)cc(F)c21. The van der Waals surface area contributed by atoms with Crippen LogP contribution in [0.4, 0.5) is 8.78 Å². The lowest BCUT2D eigenvalue weighted by Crippen LogP contribution is -2.09. The van der Waals surface area contributed by atoms with E-state index in [2.05, 4.69) is 0 Å². The molecule has 1 aromatic carbocycles. The maximum absolute atomic E-state index is 13.9. The minimum absolute atomic E-state index is 0.0431. The summed E-state index contributed by atoms with van der Waals surface area (Å²) in [6.45, 7) is 1.89. The van der Waals surface area contributed by atoms with E-state index < -0.39 is 17.5 Å². The van der Waals surface area contributed by atoms with Gasteiger partial charge in [0, 0.05) is 16.5 Å². The predicted molar refractivity (Wildman–Crippen MR) is 70.3 cm³/mol. The number of carbonyl (C=O) groups excluding carboxylic acids is 1. The minimum atomic E-state index is -0.606. The molecule has 1 aliphatic rings. The average molecular weight is 279 g/mol. The van der Waals surface area contributed by atoms with E-state index in [-0.39, 0.29) is 5.92 Å². The van der Waals surface area contributed by atoms with E-state index in [1.54, 1.807) is 6.07 Å². The van der Waals surface area contributed by atoms with Crippen molar-refractivity contribution in [2.75, 3.05) is 0 Å². The van der Waals surface area contributed by atoms with Gasteiger partial charge in [-0.3, -0.25) is 4.79 Å². The number of primary amides is 1. The normalized spacial score (nSPS) is 16.9. The Labute approximate surface area is 112 Å². The van der Waals surface area contributed by atoms with Crippen molar-refractivity contribution in [3.63, 3.8) is 0 Å². The molecule has 0 saturated heterocycles. The highest BCUT2D eigenvalue weighted by atomic mass is 32.1. The Morgan fingerprint density at radius 2 is 2.11 bits per heavy atom. The zero-order chi connectivity index (χ0) is 13.7. The van der Waals surface area contributed by atoms with Gasteiger partial charge < -0.3 is 5.73 Å². The van der Waals surface area contributed by atoms with Crippen molar-refractivity contribution < 1.29 is 13.6 Å². The van der Waals surface area contributed by atoms with E-state index in [1.165, 1.54) is 17.4 Å². The number of hydrogen-bond donors (Lipinski definition) is 1. The van der Waals surface area contributed by atoms with Crippen molar-refractivity contribution in [1.29, 1.82) is 0 Å². The van der Waals surface area contributed by atoms with Crippen molar-refractivity contribution in [3.8, 4) is 10.4 Å². The molecular formula is C14H11F2NOS. The lowest BCUT2D eigenvalue weighted by molar-refractivity contribution is 0.100. The highest BCUT2D eigenvalue weighted by Gasteiger charge is 2.28. The van der Waals surface area contributed by atoms with Crippen LogP contribution in [-0.4, -0.2) is 5.91 Å². The number of nitrogens with two attached hydrogens (primary N) is 1. The van der Waals surface area contributed by atoms with Gasteiger partial charge in [0.1, 0.15) is 11.6 Å². The topological polar surface area (TPSA) is 43.1 Å². The lowest BCUT2D eigenvalue weighted by Gasteiger charge is -2.23. The van der Waals surface area contributed by atoms with Crippen LogP contribution in [0.15, 0.2) is 18.2 Å². The molecule has 1 atom stereocenters. The summed E-state index contributed by atoms with van der Waals surface area (Å²) in [5.41, 5.74) is 7.26. The third kappa shape index (κ3) is 1.85. The molecule has 1 aromatic heterocycles. The van der Waals surface area contributed by atoms with Crippen molar-refractivity contribution in [1.82, 2.24) is 0 Å². The number of fused-ring (bicyclic) bond motifs is 3. The molecule has 0 bridgehead atoms. The quantitative estimate of drug-likeness (QED) is 0.853. The summed E-state index contributed by atoms with van der Waals surface area (Å²) in [5, 5.41) is 0. The van der Waals surface area contributed by atoms with Crippen LogP contribution in [0.25, 0.3) is 10.4 Å². The Morgan fingerprint density at radius 3 is 2.79 bits per heavy atom. The van der Waals surface area contributed by atoms with Crippen LogP contribution in [0.5, 0.6) is 0 Å². The zero-order valence-electron chi connectivity index (χ0n) is 10.2. The van der Waals surface area contributed by atoms with Gasteiger partial charge in [0.25, 0.3) is 5.91 Å². The molecule has 0 spiro atoms. The number of benzene rings is 1. The molecule has 19 heavy (non-hydrogen) atoms. The summed E-state index contributed by atoms with van der Waals surface area (Å²) in [6, 6.07) is 3.96. The maximum atomic E-state index is 13.9. The Balaban J connectivity index is 2.28. The average Bonchev–Trinajstić information content (AvgIpc) is 2.71. The van der Waals surface area contributed by atoms with E-state index >= 15 is 0 Å². The van der Waals surface area contributed by atoms with E-state index in [1.807, 2.05) is 6.92 Å². The molecule has 98 valence electrons. The first-order chi connectivity index (χ1) is 8.97. The van der Waals surface area contributed by atoms with Gasteiger partial charge in [0.2, 0.25) is 0 Å². The number of amides is 1. The van der Waals surface area contributed by atoms with Gasteiger partial charge in [0.15, 0.2) is 0 Å². The smallest absolute Gasteiger partial charge is 0.258 e. The third-order valence-electron chi connectivity index (χ3n) is 3.41. The summed E-state index contributed by atoms with van der Waals surface area (Å²) < 4.78 is 27.3. The van der Waals surface area contributed by atoms with Gasteiger partial charge in [-0.15, -0.1) is 11.3 Å². The van der Waals surface area contributed by atoms with Crippen molar-refractivity contribution in [2.24, 2.45) is 5.73 Å². The van der Waals surface area contributed by atoms with E-state index in [0.717, 1.165) is 16.5 Å². The highest BCUT2D eigenvalue weighted by molar-refractivity contribution is 7.17. The number of hydrogen-bond acceptors (Lipinski definition) is 2. The zero-order valence-corrected chi connectivity index (χ0v) is 11.0. The minimum Gasteiger partial charge on any atom is -0.365 e. The number of rotatable bonds is 1. The molecule has 3 rings (SSSR count). The molecule has 0 radical (unpaired) electrons. The molecule has 1 unspecified atom stereocenters. The first-order valence-corrected chi connectivity index (χ1v) is 6.71. The second kappa shape index (κ2) is 4.13. The Morgan fingerprint density at radius 1 is 1.37 bits per heavy atom. The van der Waals surface area contributed by atoms with E-state index in [4.69, 9.17) is 5.73 Å². The molecular weight excluding hydrogens is 268 g/mol. The Bertz CT molecular complexity index is 693. The van der Waals surface area contributed by atoms with Crippen LogP contribution < -0.4 is 5.73 Å². The monoisotopic (exact) mass is 279 g/mol. The first-order valence-electron chi connectivity index (χ1n) is 5.89. The molecule has 0 saturated carbocycles. The molecule has 0 fully saturated rings. The van der Waals surface area contributed by atoms with Crippen molar-refractivity contribution >= 4 is 17.2 Å². The van der Waals surface area contributed by atoms with Gasteiger partial charge >= 0.3 is 0 Å². The fraction of sp³-hybridized carbons (Fsp3) is 0.214. The van der Waals surface area contributed by atoms with Gasteiger partial charge in [-0.1, -0.05) is 6.92 Å². The summed E-state index contributed by atoms with van der Waals surface area (Å²) in [7, 11) is 0. The molecule has 2 aromatic rings. The summed E-state index contributed by atoms with van der Waals surface area (Å²) in [6.07, 6.45) is 0.634. The van der Waals surface area contributed by atoms with Gasteiger partial charge in [-0.2, -0.15) is 0 Å². The fourth-order valence-corrected chi connectivity index (χ4v) is 3.71. The number of carbonyl (C=O) groups is 1. The molecule has 2 nitrogen and oxygen atoms in total. The van der Waals surface area contributed by atoms with Crippen LogP contribution in [0, 0.1) is 11.6 Å². The van der Waals surface area contributed by atoms with Gasteiger partial charge in [0.05, 0.1) is 4.88 Å². The second-order valence-electron chi connectivity index (χ2n) is 4.78. The molecule has 2 N–H and O–H groups in total. The number of thiophene rings is 1. The first kappa shape index (κ1) is 12.3. The van der Waals surface area contributed by atoms with Crippen LogP contribution in [-0.2, 0) is 6.42 Å². The molecule has 1 heterocycles. The lowest BCUT2D eigenvalue weighted by atomic mass is 9.83. The van der Waals surface area contributed by atoms with E-state index in [9.17, 15) is 13.6 Å². The molecule has 0 aliphatic heterocycles. The Hall–Kier alpha value is -1.75. The molecule has 5 heteroatoms. The second-order valence-corrected chi connectivity index (χ2v) is 5.84. The van der Waals surface area contributed by atoms with Crippen molar-refractivity contribution in [3.05, 3.63) is 45.8 Å². The molecule has 1 amide bonds. The van der Waals surface area contributed by atoms with Crippen LogP contribution >= 0.6 is 11.3 Å². The standard InChI is InChI=1S/C14H11F2NOS/c1-6-2-7-3-11(14(17)18)19-13(7)9-4-8(15)5-10(16)12(6)9/h3-6H,2H2,1H3,(H2,17,18). The van der Waals surface area contributed by atoms with Crippen molar-refractivity contribution in [2.45, 2.75) is 19.3 Å². The number of halogens is 2. The maximum Gasteiger partial charge on any atom is 0.258 e. The van der Waals surface area contributed by atoms with E-state index in [0.29, 0.717) is 22.4 Å². The van der Waals surface area contributed by atoms with Crippen LogP contribution in [0.3, 0.4) is 0 Å². The Kier molecular flexibility index (Phi) is 2.67. The summed E-state index contributed by atoms with van der Waals surface area (Å²) in [4.78, 5) is 12.4. The van der Waals surface area contributed by atoms with Crippen LogP contribution in [0.1, 0.15) is 33.6 Å². The predicted octanol–water partition coefficient (Wildman–Crippen LogP) is 3.45. The highest BCUT2D eigenvalue weighted by Crippen LogP contribution is 2.45. The van der Waals surface area contributed by atoms with Gasteiger partial charge in [-0.25, -0.2) is 8.78 Å². The van der Waals surface area contributed by atoms with Gasteiger partial charge in [-0.05, 0) is 35.6 Å².